The molecule has 1 aromatic carbocycles. The van der Waals surface area contributed by atoms with E-state index in [9.17, 15) is 0 Å². The average molecular weight is 437 g/mol. The Morgan fingerprint density at radius 3 is 1.84 bits per heavy atom. The van der Waals surface area contributed by atoms with E-state index in [-0.39, 0.29) is 0 Å². The Balaban J connectivity index is 1.28. The highest BCUT2D eigenvalue weighted by atomic mass is 14.3. The van der Waals surface area contributed by atoms with Crippen LogP contribution in [0.5, 0.6) is 0 Å². The van der Waals surface area contributed by atoms with Crippen molar-refractivity contribution in [3.8, 4) is 0 Å². The van der Waals surface area contributed by atoms with Gasteiger partial charge in [0.15, 0.2) is 0 Å². The van der Waals surface area contributed by atoms with Crippen LogP contribution in [-0.2, 0) is 12.8 Å². The molecule has 0 heteroatoms. The summed E-state index contributed by atoms with van der Waals surface area (Å²) in [5, 5.41) is 0. The first kappa shape index (κ1) is 25.6. The minimum atomic E-state index is 0.976. The predicted octanol–water partition coefficient (Wildman–Crippen LogP) is 10.2. The fourth-order valence-electron chi connectivity index (χ4n) is 6.14. The highest BCUT2D eigenvalue weighted by molar-refractivity contribution is 5.23. The van der Waals surface area contributed by atoms with E-state index in [1.54, 1.807) is 5.57 Å². The second-order valence-corrected chi connectivity index (χ2v) is 11.2. The van der Waals surface area contributed by atoms with Crippen molar-refractivity contribution in [2.75, 3.05) is 0 Å². The zero-order chi connectivity index (χ0) is 22.4. The number of hydrogen-bond acceptors (Lipinski definition) is 0. The molecule has 3 rings (SSSR count). The molecule has 0 saturated heterocycles. The molecule has 0 aliphatic heterocycles. The molecule has 1 saturated carbocycles. The van der Waals surface area contributed by atoms with Crippen LogP contribution >= 0.6 is 0 Å². The molecule has 0 amide bonds. The van der Waals surface area contributed by atoms with Crippen LogP contribution in [0.2, 0.25) is 0 Å². The van der Waals surface area contributed by atoms with Gasteiger partial charge in [-0.25, -0.2) is 0 Å². The number of allylic oxidation sites excluding steroid dienone is 2. The quantitative estimate of drug-likeness (QED) is 0.201. The number of rotatable bonds is 14. The Bertz CT molecular complexity index is 629. The number of unbranched alkanes of at least 4 members (excludes halogenated alkanes) is 4. The topological polar surface area (TPSA) is 0 Å². The molecule has 1 atom stereocenters. The van der Waals surface area contributed by atoms with E-state index in [2.05, 4.69) is 44.2 Å². The van der Waals surface area contributed by atoms with Gasteiger partial charge in [-0.2, -0.15) is 0 Å². The van der Waals surface area contributed by atoms with Crippen LogP contribution in [0.15, 0.2) is 35.9 Å². The van der Waals surface area contributed by atoms with Crippen LogP contribution in [0, 0.1) is 17.8 Å². The van der Waals surface area contributed by atoms with Crippen LogP contribution in [-0.4, -0.2) is 0 Å². The van der Waals surface area contributed by atoms with E-state index in [0.717, 1.165) is 17.8 Å². The molecule has 1 aromatic rings. The Hall–Kier alpha value is -1.04. The van der Waals surface area contributed by atoms with Crippen LogP contribution in [0.4, 0.5) is 0 Å². The summed E-state index contributed by atoms with van der Waals surface area (Å²) in [5.41, 5.74) is 4.79. The summed E-state index contributed by atoms with van der Waals surface area (Å²) in [6.45, 7) is 4.63. The summed E-state index contributed by atoms with van der Waals surface area (Å²) in [4.78, 5) is 0. The van der Waals surface area contributed by atoms with Gasteiger partial charge in [0.25, 0.3) is 0 Å². The third-order valence-electron chi connectivity index (χ3n) is 8.61. The molecule has 0 nitrogen and oxygen atoms in total. The molecule has 1 unspecified atom stereocenters. The van der Waals surface area contributed by atoms with Crippen LogP contribution < -0.4 is 0 Å². The fourth-order valence-corrected chi connectivity index (χ4v) is 6.14. The van der Waals surface area contributed by atoms with Crippen molar-refractivity contribution in [2.24, 2.45) is 17.8 Å². The minimum Gasteiger partial charge on any atom is -0.0850 e. The van der Waals surface area contributed by atoms with Gasteiger partial charge in [0.1, 0.15) is 0 Å². The van der Waals surface area contributed by atoms with Crippen molar-refractivity contribution >= 4 is 0 Å². The number of hydrogen-bond donors (Lipinski definition) is 0. The molecule has 0 heterocycles. The van der Waals surface area contributed by atoms with Crippen molar-refractivity contribution in [1.29, 1.82) is 0 Å². The summed E-state index contributed by atoms with van der Waals surface area (Å²) in [5.74, 6) is 3.09. The van der Waals surface area contributed by atoms with Gasteiger partial charge in [-0.1, -0.05) is 120 Å². The van der Waals surface area contributed by atoms with Crippen molar-refractivity contribution in [1.82, 2.24) is 0 Å². The second kappa shape index (κ2) is 15.0. The third kappa shape index (κ3) is 9.44. The van der Waals surface area contributed by atoms with E-state index < -0.39 is 0 Å². The van der Waals surface area contributed by atoms with E-state index in [4.69, 9.17) is 0 Å². The lowest BCUT2D eigenvalue weighted by Crippen LogP contribution is -2.16. The summed E-state index contributed by atoms with van der Waals surface area (Å²) in [7, 11) is 0. The number of aryl methyl sites for hydroxylation is 2. The Morgan fingerprint density at radius 1 is 0.594 bits per heavy atom. The zero-order valence-corrected chi connectivity index (χ0v) is 21.6. The average Bonchev–Trinajstić information content (AvgIpc) is 2.85. The van der Waals surface area contributed by atoms with E-state index in [1.165, 1.54) is 133 Å². The second-order valence-electron chi connectivity index (χ2n) is 11.2. The first-order valence-electron chi connectivity index (χ1n) is 14.5. The predicted molar refractivity (Wildman–Crippen MR) is 142 cm³/mol. The maximum absolute atomic E-state index is 2.62. The van der Waals surface area contributed by atoms with Crippen LogP contribution in [0.1, 0.15) is 134 Å². The monoisotopic (exact) mass is 436 g/mol. The first-order valence-corrected chi connectivity index (χ1v) is 14.5. The Morgan fingerprint density at radius 2 is 1.22 bits per heavy atom. The third-order valence-corrected chi connectivity index (χ3v) is 8.61. The van der Waals surface area contributed by atoms with Crippen molar-refractivity contribution in [3.05, 3.63) is 47.0 Å². The zero-order valence-electron chi connectivity index (χ0n) is 21.6. The minimum absolute atomic E-state index is 0.976. The van der Waals surface area contributed by atoms with Gasteiger partial charge in [-0.05, 0) is 80.2 Å². The molecule has 0 radical (unpaired) electrons. The van der Waals surface area contributed by atoms with E-state index >= 15 is 0 Å². The Kier molecular flexibility index (Phi) is 12.0. The standard InChI is InChI=1S/C32H52/c1-3-5-7-8-10-28-13-17-30(18-14-28)20-22-32-25-23-31(24-26-32)21-19-29-15-11-27(12-16-29)9-6-4-2/h13-14,17-18,25,27,29,31H,3-12,15-16,19-24,26H2,1-2H3/t27-,29-,31?. The molecule has 180 valence electrons. The van der Waals surface area contributed by atoms with Crippen molar-refractivity contribution in [3.63, 3.8) is 0 Å². The molecule has 1 fully saturated rings. The SMILES string of the molecule is CCCCCCc1ccc(CCC2=CCC(CC[C@H]3CC[C@H](CCCC)CC3)CC2)cc1. The maximum Gasteiger partial charge on any atom is -0.0241 e. The maximum atomic E-state index is 2.62. The summed E-state index contributed by atoms with van der Waals surface area (Å²) >= 11 is 0. The Labute approximate surface area is 200 Å². The van der Waals surface area contributed by atoms with Gasteiger partial charge >= 0.3 is 0 Å². The molecule has 2 aliphatic rings. The molecule has 2 aliphatic carbocycles. The normalized spacial score (nSPS) is 23.8. The first-order chi connectivity index (χ1) is 15.8. The van der Waals surface area contributed by atoms with Gasteiger partial charge in [0.2, 0.25) is 0 Å². The van der Waals surface area contributed by atoms with Gasteiger partial charge in [0, 0.05) is 0 Å². The molecular weight excluding hydrogens is 384 g/mol. The lowest BCUT2D eigenvalue weighted by molar-refractivity contribution is 0.235. The molecule has 0 aromatic heterocycles. The smallest absolute Gasteiger partial charge is 0.0241 e. The van der Waals surface area contributed by atoms with E-state index in [0.29, 0.717) is 0 Å². The fraction of sp³-hybridized carbons (Fsp3) is 0.750. The summed E-state index contributed by atoms with van der Waals surface area (Å²) in [6.07, 6.45) is 29.5. The van der Waals surface area contributed by atoms with Gasteiger partial charge in [0.05, 0.1) is 0 Å². The van der Waals surface area contributed by atoms with Crippen molar-refractivity contribution < 1.29 is 0 Å². The van der Waals surface area contributed by atoms with Gasteiger partial charge in [-0.15, -0.1) is 0 Å². The molecule has 0 spiro atoms. The van der Waals surface area contributed by atoms with Gasteiger partial charge in [-0.3, -0.25) is 0 Å². The number of benzene rings is 1. The van der Waals surface area contributed by atoms with Crippen molar-refractivity contribution in [2.45, 2.75) is 136 Å². The molecule has 0 N–H and O–H groups in total. The lowest BCUT2D eigenvalue weighted by atomic mass is 9.76. The van der Waals surface area contributed by atoms with Crippen LogP contribution in [0.25, 0.3) is 0 Å². The molecular formula is C32H52. The van der Waals surface area contributed by atoms with Crippen LogP contribution in [0.3, 0.4) is 0 Å². The summed E-state index contributed by atoms with van der Waals surface area (Å²) < 4.78 is 0. The molecule has 32 heavy (non-hydrogen) atoms. The highest BCUT2D eigenvalue weighted by Gasteiger charge is 2.22. The van der Waals surface area contributed by atoms with E-state index in [1.807, 2.05) is 0 Å². The highest BCUT2D eigenvalue weighted by Crippen LogP contribution is 2.37. The summed E-state index contributed by atoms with van der Waals surface area (Å²) in [6, 6.07) is 9.53. The largest absolute Gasteiger partial charge is 0.0850 e. The van der Waals surface area contributed by atoms with Gasteiger partial charge < -0.3 is 0 Å². The molecule has 0 bridgehead atoms. The lowest BCUT2D eigenvalue weighted by Gasteiger charge is -2.30.